The number of rotatable bonds is 12. The lowest BCUT2D eigenvalue weighted by Gasteiger charge is -2.27. The molecule has 192 valence electrons. The number of esters is 2. The molecule has 1 saturated carbocycles. The molecule has 3 rings (SSSR count). The minimum Gasteiger partial charge on any atom is -0.462 e. The molecule has 1 aliphatic rings. The Balaban J connectivity index is 1.37. The molecule has 6 nitrogen and oxygen atoms in total. The summed E-state index contributed by atoms with van der Waals surface area (Å²) in [6, 6.07) is 12.4. The number of nitrogens with two attached hydrogens (primary N) is 2. The predicted molar refractivity (Wildman–Crippen MR) is 145 cm³/mol. The molecular formula is C30H38N2O4. The molecule has 0 bridgehead atoms. The van der Waals surface area contributed by atoms with Gasteiger partial charge in [-0.05, 0) is 85.9 Å². The van der Waals surface area contributed by atoms with Crippen LogP contribution in [0.15, 0.2) is 61.2 Å². The fourth-order valence-electron chi connectivity index (χ4n) is 4.57. The molecule has 0 aromatic heterocycles. The molecule has 6 heteroatoms. The average Bonchev–Trinajstić information content (AvgIpc) is 2.88. The lowest BCUT2D eigenvalue weighted by atomic mass is 9.80. The topological polar surface area (TPSA) is 105 Å². The zero-order valence-electron chi connectivity index (χ0n) is 21.0. The largest absolute Gasteiger partial charge is 0.462 e. The summed E-state index contributed by atoms with van der Waals surface area (Å²) in [5.74, 6) is 0.650. The SMILES string of the molecule is C=CCCCCC1CCC(C(=O)Oc2ccc(/C=C/C(=O)OCCc3ccc(N)cc3N)cc2)CC1. The standard InChI is InChI=1S/C30H38N2O4/c1-2-3-4-5-6-22-7-12-25(13-8-22)30(34)36-27-16-9-23(10-17-27)11-18-29(33)35-20-19-24-14-15-26(31)21-28(24)32/h2,9-11,14-18,21-22,25H,1,3-8,12-13,19-20,31-32H2/b18-11+. The van der Waals surface area contributed by atoms with Crippen LogP contribution >= 0.6 is 0 Å². The second kappa shape index (κ2) is 14.1. The summed E-state index contributed by atoms with van der Waals surface area (Å²) in [6.07, 6.45) is 14.3. The van der Waals surface area contributed by atoms with E-state index in [2.05, 4.69) is 6.58 Å². The number of allylic oxidation sites excluding steroid dienone is 1. The van der Waals surface area contributed by atoms with Gasteiger partial charge in [0, 0.05) is 23.9 Å². The number of nitrogen functional groups attached to an aromatic ring is 2. The molecule has 0 amide bonds. The highest BCUT2D eigenvalue weighted by Gasteiger charge is 2.27. The van der Waals surface area contributed by atoms with Crippen LogP contribution in [0.3, 0.4) is 0 Å². The van der Waals surface area contributed by atoms with E-state index in [-0.39, 0.29) is 18.5 Å². The smallest absolute Gasteiger partial charge is 0.330 e. The van der Waals surface area contributed by atoms with Crippen LogP contribution in [0.2, 0.25) is 0 Å². The summed E-state index contributed by atoms with van der Waals surface area (Å²) in [7, 11) is 0. The molecule has 2 aromatic carbocycles. The molecule has 4 N–H and O–H groups in total. The van der Waals surface area contributed by atoms with Crippen LogP contribution in [0.5, 0.6) is 5.75 Å². The Morgan fingerprint density at radius 1 is 1.00 bits per heavy atom. The fourth-order valence-corrected chi connectivity index (χ4v) is 4.57. The fraction of sp³-hybridized carbons (Fsp3) is 0.400. The molecule has 0 saturated heterocycles. The van der Waals surface area contributed by atoms with Gasteiger partial charge in [0.05, 0.1) is 12.5 Å². The van der Waals surface area contributed by atoms with Crippen molar-refractivity contribution in [1.29, 1.82) is 0 Å². The van der Waals surface area contributed by atoms with Crippen molar-refractivity contribution in [3.8, 4) is 5.75 Å². The maximum absolute atomic E-state index is 12.6. The first-order valence-corrected chi connectivity index (χ1v) is 12.9. The number of carbonyl (C=O) groups excluding carboxylic acids is 2. The van der Waals surface area contributed by atoms with Gasteiger partial charge in [0.1, 0.15) is 5.75 Å². The summed E-state index contributed by atoms with van der Waals surface area (Å²) in [6.45, 7) is 4.00. The van der Waals surface area contributed by atoms with Gasteiger partial charge in [0.25, 0.3) is 0 Å². The van der Waals surface area contributed by atoms with Crippen LogP contribution in [-0.4, -0.2) is 18.5 Å². The molecule has 0 radical (unpaired) electrons. The lowest BCUT2D eigenvalue weighted by molar-refractivity contribution is -0.140. The Morgan fingerprint density at radius 2 is 1.75 bits per heavy atom. The van der Waals surface area contributed by atoms with E-state index in [1.807, 2.05) is 24.3 Å². The Hall–Kier alpha value is -3.54. The maximum atomic E-state index is 12.6. The number of hydrogen-bond donors (Lipinski definition) is 2. The lowest BCUT2D eigenvalue weighted by Crippen LogP contribution is -2.25. The molecule has 0 unspecified atom stereocenters. The summed E-state index contributed by atoms with van der Waals surface area (Å²) in [5.41, 5.74) is 14.5. The first-order chi connectivity index (χ1) is 17.4. The first kappa shape index (κ1) is 27.1. The number of carbonyl (C=O) groups is 2. The van der Waals surface area contributed by atoms with Gasteiger partial charge >= 0.3 is 11.9 Å². The van der Waals surface area contributed by atoms with Gasteiger partial charge in [-0.25, -0.2) is 4.79 Å². The molecule has 0 spiro atoms. The van der Waals surface area contributed by atoms with Gasteiger partial charge in [-0.15, -0.1) is 6.58 Å². The summed E-state index contributed by atoms with van der Waals surface area (Å²) < 4.78 is 10.9. The van der Waals surface area contributed by atoms with E-state index < -0.39 is 5.97 Å². The predicted octanol–water partition coefficient (Wildman–Crippen LogP) is 6.11. The average molecular weight is 491 g/mol. The highest BCUT2D eigenvalue weighted by molar-refractivity contribution is 5.87. The molecule has 0 aliphatic heterocycles. The van der Waals surface area contributed by atoms with Crippen LogP contribution in [0, 0.1) is 11.8 Å². The van der Waals surface area contributed by atoms with Crippen LogP contribution in [0.25, 0.3) is 6.08 Å². The third-order valence-electron chi connectivity index (χ3n) is 6.75. The minimum atomic E-state index is -0.434. The highest BCUT2D eigenvalue weighted by atomic mass is 16.5. The Bertz CT molecular complexity index is 1040. The zero-order chi connectivity index (χ0) is 25.8. The van der Waals surface area contributed by atoms with Crippen molar-refractivity contribution in [3.63, 3.8) is 0 Å². The molecule has 36 heavy (non-hydrogen) atoms. The van der Waals surface area contributed by atoms with Crippen LogP contribution in [0.1, 0.15) is 62.5 Å². The monoisotopic (exact) mass is 490 g/mol. The van der Waals surface area contributed by atoms with Gasteiger partial charge in [-0.1, -0.05) is 37.1 Å². The van der Waals surface area contributed by atoms with Crippen molar-refractivity contribution >= 4 is 29.4 Å². The molecule has 2 aromatic rings. The van der Waals surface area contributed by atoms with Crippen LogP contribution < -0.4 is 16.2 Å². The summed E-state index contributed by atoms with van der Waals surface area (Å²) in [5, 5.41) is 0. The third kappa shape index (κ3) is 8.91. The molecule has 1 aliphatic carbocycles. The first-order valence-electron chi connectivity index (χ1n) is 12.9. The highest BCUT2D eigenvalue weighted by Crippen LogP contribution is 2.33. The van der Waals surface area contributed by atoms with Crippen molar-refractivity contribution in [3.05, 3.63) is 72.3 Å². The second-order valence-corrected chi connectivity index (χ2v) is 9.49. The Labute approximate surface area is 214 Å². The van der Waals surface area contributed by atoms with E-state index in [0.29, 0.717) is 23.5 Å². The van der Waals surface area contributed by atoms with E-state index in [1.54, 1.807) is 30.3 Å². The van der Waals surface area contributed by atoms with E-state index >= 15 is 0 Å². The number of hydrogen-bond acceptors (Lipinski definition) is 6. The third-order valence-corrected chi connectivity index (χ3v) is 6.75. The number of unbranched alkanes of at least 4 members (excludes halogenated alkanes) is 2. The second-order valence-electron chi connectivity index (χ2n) is 9.49. The number of anilines is 2. The van der Waals surface area contributed by atoms with Crippen LogP contribution in [-0.2, 0) is 20.7 Å². The minimum absolute atomic E-state index is 0.0210. The van der Waals surface area contributed by atoms with Gasteiger partial charge in [-0.2, -0.15) is 0 Å². The summed E-state index contributed by atoms with van der Waals surface area (Å²) >= 11 is 0. The normalized spacial score (nSPS) is 17.6. The van der Waals surface area contributed by atoms with Crippen molar-refractivity contribution < 1.29 is 19.1 Å². The number of ether oxygens (including phenoxy) is 2. The molecule has 0 heterocycles. The van der Waals surface area contributed by atoms with E-state index in [1.165, 1.54) is 25.3 Å². The van der Waals surface area contributed by atoms with E-state index in [9.17, 15) is 9.59 Å². The van der Waals surface area contributed by atoms with Crippen molar-refractivity contribution in [1.82, 2.24) is 0 Å². The van der Waals surface area contributed by atoms with E-state index in [0.717, 1.165) is 49.1 Å². The van der Waals surface area contributed by atoms with Gasteiger partial charge in [0.2, 0.25) is 0 Å². The van der Waals surface area contributed by atoms with Crippen molar-refractivity contribution in [2.75, 3.05) is 18.1 Å². The van der Waals surface area contributed by atoms with Gasteiger partial charge in [0.15, 0.2) is 0 Å². The molecular weight excluding hydrogens is 452 g/mol. The van der Waals surface area contributed by atoms with Crippen molar-refractivity contribution in [2.24, 2.45) is 11.8 Å². The van der Waals surface area contributed by atoms with Crippen molar-refractivity contribution in [2.45, 2.75) is 57.8 Å². The Morgan fingerprint density at radius 3 is 2.44 bits per heavy atom. The molecule has 0 atom stereocenters. The number of benzene rings is 2. The quantitative estimate of drug-likeness (QED) is 0.0929. The van der Waals surface area contributed by atoms with Gasteiger partial charge < -0.3 is 20.9 Å². The zero-order valence-corrected chi connectivity index (χ0v) is 21.0. The summed E-state index contributed by atoms with van der Waals surface area (Å²) in [4.78, 5) is 24.6. The van der Waals surface area contributed by atoms with Gasteiger partial charge in [-0.3, -0.25) is 4.79 Å². The Kier molecular flexibility index (Phi) is 10.6. The van der Waals surface area contributed by atoms with Crippen LogP contribution in [0.4, 0.5) is 11.4 Å². The van der Waals surface area contributed by atoms with E-state index in [4.69, 9.17) is 20.9 Å². The maximum Gasteiger partial charge on any atom is 0.330 e. The molecule has 1 fully saturated rings.